The van der Waals surface area contributed by atoms with Crippen LogP contribution in [0.4, 0.5) is 10.1 Å². The predicted octanol–water partition coefficient (Wildman–Crippen LogP) is 3.28. The Kier molecular flexibility index (Phi) is 4.13. The molecule has 21 heavy (non-hydrogen) atoms. The standard InChI is InChI=1S/C14H13FN2O4/c1-8-5-13(11(15)6-12(8)17(19)20)21-14-4-3-10(7-16-14)9(2)18/h3-7,9,18H,1-2H3/t9-/m0/s1. The second-order valence-corrected chi connectivity index (χ2v) is 4.53. The molecule has 2 rings (SSSR count). The van der Waals surface area contributed by atoms with Crippen molar-refractivity contribution >= 4 is 5.69 Å². The second kappa shape index (κ2) is 5.84. The number of rotatable bonds is 4. The number of nitro benzene ring substituents is 1. The third-order valence-electron chi connectivity index (χ3n) is 2.90. The Morgan fingerprint density at radius 2 is 2.14 bits per heavy atom. The molecule has 0 saturated carbocycles. The number of hydrogen-bond donors (Lipinski definition) is 1. The van der Waals surface area contributed by atoms with Crippen LogP contribution in [0.2, 0.25) is 0 Å². The number of nitro groups is 1. The van der Waals surface area contributed by atoms with Gasteiger partial charge >= 0.3 is 0 Å². The van der Waals surface area contributed by atoms with E-state index in [9.17, 15) is 19.6 Å². The number of pyridine rings is 1. The molecule has 1 heterocycles. The molecular formula is C14H13FN2O4. The van der Waals surface area contributed by atoms with Crippen molar-refractivity contribution in [3.8, 4) is 11.6 Å². The lowest BCUT2D eigenvalue weighted by molar-refractivity contribution is -0.385. The van der Waals surface area contributed by atoms with Gasteiger partial charge in [0.1, 0.15) is 0 Å². The summed E-state index contributed by atoms with van der Waals surface area (Å²) in [6.45, 7) is 3.09. The minimum absolute atomic E-state index is 0.131. The van der Waals surface area contributed by atoms with Crippen LogP contribution in [0.15, 0.2) is 30.5 Å². The third kappa shape index (κ3) is 3.32. The van der Waals surface area contributed by atoms with Crippen LogP contribution in [0.5, 0.6) is 11.6 Å². The summed E-state index contributed by atoms with van der Waals surface area (Å²) in [7, 11) is 0. The first-order valence-electron chi connectivity index (χ1n) is 6.15. The molecule has 110 valence electrons. The van der Waals surface area contributed by atoms with Crippen LogP contribution in [-0.2, 0) is 0 Å². The molecule has 0 aliphatic carbocycles. The number of aryl methyl sites for hydroxylation is 1. The number of halogens is 1. The van der Waals surface area contributed by atoms with E-state index >= 15 is 0 Å². The quantitative estimate of drug-likeness (QED) is 0.690. The Balaban J connectivity index is 2.27. The van der Waals surface area contributed by atoms with Crippen molar-refractivity contribution in [3.05, 3.63) is 57.5 Å². The second-order valence-electron chi connectivity index (χ2n) is 4.53. The van der Waals surface area contributed by atoms with Crippen molar-refractivity contribution in [3.63, 3.8) is 0 Å². The fourth-order valence-electron chi connectivity index (χ4n) is 1.73. The highest BCUT2D eigenvalue weighted by Crippen LogP contribution is 2.30. The number of nitrogens with zero attached hydrogens (tertiary/aromatic N) is 2. The van der Waals surface area contributed by atoms with Gasteiger partial charge in [-0.25, -0.2) is 9.37 Å². The minimum Gasteiger partial charge on any atom is -0.436 e. The summed E-state index contributed by atoms with van der Waals surface area (Å²) in [4.78, 5) is 14.0. The van der Waals surface area contributed by atoms with Crippen LogP contribution in [0, 0.1) is 22.9 Å². The Morgan fingerprint density at radius 1 is 1.43 bits per heavy atom. The molecule has 1 atom stereocenters. The van der Waals surface area contributed by atoms with Crippen LogP contribution in [0.3, 0.4) is 0 Å². The molecule has 0 amide bonds. The van der Waals surface area contributed by atoms with E-state index in [0.717, 1.165) is 6.07 Å². The molecule has 6 nitrogen and oxygen atoms in total. The van der Waals surface area contributed by atoms with Gasteiger partial charge in [0, 0.05) is 17.8 Å². The summed E-state index contributed by atoms with van der Waals surface area (Å²) in [5, 5.41) is 20.1. The highest BCUT2D eigenvalue weighted by Gasteiger charge is 2.17. The van der Waals surface area contributed by atoms with Crippen molar-refractivity contribution in [1.29, 1.82) is 0 Å². The molecule has 0 aliphatic rings. The van der Waals surface area contributed by atoms with Crippen molar-refractivity contribution in [2.45, 2.75) is 20.0 Å². The average Bonchev–Trinajstić information content (AvgIpc) is 2.42. The van der Waals surface area contributed by atoms with E-state index in [0.29, 0.717) is 5.56 Å². The molecule has 0 saturated heterocycles. The zero-order valence-corrected chi connectivity index (χ0v) is 11.4. The molecule has 1 N–H and O–H groups in total. The molecule has 0 radical (unpaired) electrons. The molecule has 1 aromatic carbocycles. The molecule has 0 unspecified atom stereocenters. The van der Waals surface area contributed by atoms with E-state index in [1.165, 1.54) is 25.3 Å². The Morgan fingerprint density at radius 3 is 2.67 bits per heavy atom. The maximum Gasteiger partial charge on any atom is 0.275 e. The lowest BCUT2D eigenvalue weighted by Gasteiger charge is -2.08. The van der Waals surface area contributed by atoms with Gasteiger partial charge in [-0.05, 0) is 31.5 Å². The van der Waals surface area contributed by atoms with Crippen molar-refractivity contribution in [2.75, 3.05) is 0 Å². The van der Waals surface area contributed by atoms with E-state index in [1.54, 1.807) is 13.0 Å². The first-order chi connectivity index (χ1) is 9.88. The number of aliphatic hydroxyl groups excluding tert-OH is 1. The van der Waals surface area contributed by atoms with Crippen LogP contribution >= 0.6 is 0 Å². The molecule has 2 aromatic rings. The number of ether oxygens (including phenoxy) is 1. The first kappa shape index (κ1) is 14.9. The summed E-state index contributed by atoms with van der Waals surface area (Å²) in [5.41, 5.74) is 0.581. The highest BCUT2D eigenvalue weighted by molar-refractivity contribution is 5.46. The van der Waals surface area contributed by atoms with E-state index in [-0.39, 0.29) is 22.9 Å². The molecule has 0 fully saturated rings. The van der Waals surface area contributed by atoms with E-state index in [2.05, 4.69) is 4.98 Å². The summed E-state index contributed by atoms with van der Waals surface area (Å²) in [6.07, 6.45) is 0.751. The third-order valence-corrected chi connectivity index (χ3v) is 2.90. The Hall–Kier alpha value is -2.54. The molecule has 7 heteroatoms. The Labute approximate surface area is 120 Å². The topological polar surface area (TPSA) is 85.5 Å². The average molecular weight is 292 g/mol. The molecule has 1 aromatic heterocycles. The Bertz CT molecular complexity index is 671. The van der Waals surface area contributed by atoms with Gasteiger partial charge in [0.15, 0.2) is 11.6 Å². The largest absolute Gasteiger partial charge is 0.436 e. The van der Waals surface area contributed by atoms with E-state index < -0.39 is 16.8 Å². The fraction of sp³-hybridized carbons (Fsp3) is 0.214. The van der Waals surface area contributed by atoms with Crippen LogP contribution in [-0.4, -0.2) is 15.0 Å². The summed E-state index contributed by atoms with van der Waals surface area (Å²) in [6, 6.07) is 5.15. The molecule has 0 aliphatic heterocycles. The smallest absolute Gasteiger partial charge is 0.275 e. The fourth-order valence-corrected chi connectivity index (χ4v) is 1.73. The van der Waals surface area contributed by atoms with Gasteiger partial charge in [-0.3, -0.25) is 10.1 Å². The van der Waals surface area contributed by atoms with Crippen molar-refractivity contribution in [2.24, 2.45) is 0 Å². The summed E-state index contributed by atoms with van der Waals surface area (Å²) < 4.78 is 19.1. The lowest BCUT2D eigenvalue weighted by Crippen LogP contribution is -1.97. The maximum atomic E-state index is 13.8. The van der Waals surface area contributed by atoms with Gasteiger partial charge in [0.05, 0.1) is 17.1 Å². The number of aliphatic hydroxyl groups is 1. The van der Waals surface area contributed by atoms with Crippen molar-refractivity contribution < 1.29 is 19.2 Å². The zero-order valence-electron chi connectivity index (χ0n) is 11.4. The predicted molar refractivity (Wildman–Crippen MR) is 72.7 cm³/mol. The van der Waals surface area contributed by atoms with Crippen LogP contribution in [0.1, 0.15) is 24.2 Å². The van der Waals surface area contributed by atoms with Crippen LogP contribution < -0.4 is 4.74 Å². The van der Waals surface area contributed by atoms with Crippen molar-refractivity contribution in [1.82, 2.24) is 4.98 Å². The number of aromatic nitrogens is 1. The van der Waals surface area contributed by atoms with Gasteiger partial charge in [-0.2, -0.15) is 0 Å². The zero-order chi connectivity index (χ0) is 15.6. The minimum atomic E-state index is -0.839. The van der Waals surface area contributed by atoms with Gasteiger partial charge in [0.25, 0.3) is 5.69 Å². The normalized spacial score (nSPS) is 12.0. The summed E-state index contributed by atoms with van der Waals surface area (Å²) in [5.74, 6) is -0.851. The van der Waals surface area contributed by atoms with E-state index in [4.69, 9.17) is 4.74 Å². The van der Waals surface area contributed by atoms with E-state index in [1.807, 2.05) is 0 Å². The first-order valence-corrected chi connectivity index (χ1v) is 6.15. The van der Waals surface area contributed by atoms with Gasteiger partial charge in [0.2, 0.25) is 5.88 Å². The van der Waals surface area contributed by atoms with Crippen LogP contribution in [0.25, 0.3) is 0 Å². The number of benzene rings is 1. The molecule has 0 spiro atoms. The van der Waals surface area contributed by atoms with Gasteiger partial charge < -0.3 is 9.84 Å². The SMILES string of the molecule is Cc1cc(Oc2ccc([C@H](C)O)cn2)c(F)cc1[N+](=O)[O-]. The highest BCUT2D eigenvalue weighted by atomic mass is 19.1. The molecular weight excluding hydrogens is 279 g/mol. The van der Waals surface area contributed by atoms with Gasteiger partial charge in [-0.15, -0.1) is 0 Å². The molecule has 0 bridgehead atoms. The lowest BCUT2D eigenvalue weighted by atomic mass is 10.2. The maximum absolute atomic E-state index is 13.8. The van der Waals surface area contributed by atoms with Gasteiger partial charge in [-0.1, -0.05) is 0 Å². The number of hydrogen-bond acceptors (Lipinski definition) is 5. The monoisotopic (exact) mass is 292 g/mol. The summed E-state index contributed by atoms with van der Waals surface area (Å²) >= 11 is 0.